The number of anilines is 1. The number of pyridine rings is 1. The van der Waals surface area contributed by atoms with Crippen molar-refractivity contribution in [3.05, 3.63) is 40.8 Å². The lowest BCUT2D eigenvalue weighted by Gasteiger charge is -2.32. The summed E-state index contributed by atoms with van der Waals surface area (Å²) in [6.07, 6.45) is 4.39. The molecule has 0 saturated carbocycles. The van der Waals surface area contributed by atoms with E-state index in [1.165, 1.54) is 0 Å². The highest BCUT2D eigenvalue weighted by atomic mass is 16.4. The molecule has 23 heavy (non-hydrogen) atoms. The molecule has 1 atom stereocenters. The van der Waals surface area contributed by atoms with Gasteiger partial charge < -0.3 is 14.6 Å². The first kappa shape index (κ1) is 15.6. The Hall–Kier alpha value is -2.30. The molecular formula is C18H22N2O3. The van der Waals surface area contributed by atoms with Gasteiger partial charge >= 0.3 is 5.97 Å². The van der Waals surface area contributed by atoms with Gasteiger partial charge in [-0.1, -0.05) is 6.92 Å². The second-order valence-electron chi connectivity index (χ2n) is 6.21. The van der Waals surface area contributed by atoms with Gasteiger partial charge in [-0.05, 0) is 48.9 Å². The zero-order valence-electron chi connectivity index (χ0n) is 13.4. The minimum atomic E-state index is -0.724. The Bertz CT molecular complexity index is 781. The molecule has 122 valence electrons. The number of fused-ring (bicyclic) bond motifs is 1. The molecular weight excluding hydrogens is 292 g/mol. The second kappa shape index (κ2) is 6.44. The van der Waals surface area contributed by atoms with Gasteiger partial charge in [0.05, 0.1) is 5.92 Å². The lowest BCUT2D eigenvalue weighted by Crippen LogP contribution is -2.38. The molecule has 3 rings (SSSR count). The third kappa shape index (κ3) is 3.09. The van der Waals surface area contributed by atoms with Crippen molar-refractivity contribution in [2.24, 2.45) is 5.92 Å². The molecule has 0 bridgehead atoms. The summed E-state index contributed by atoms with van der Waals surface area (Å²) >= 11 is 0. The predicted octanol–water partition coefficient (Wildman–Crippen LogP) is 2.71. The Kier molecular flexibility index (Phi) is 4.37. The SMILES string of the molecule is CCCn1ccc2cc(N3CCCC(C(=O)O)C3)ccc2c1=O. The first-order valence-electron chi connectivity index (χ1n) is 8.21. The van der Waals surface area contributed by atoms with Crippen LogP contribution in [0.2, 0.25) is 0 Å². The number of carbonyl (C=O) groups is 1. The minimum absolute atomic E-state index is 0.0398. The number of carboxylic acid groups (broad SMARTS) is 1. The van der Waals surface area contributed by atoms with Gasteiger partial charge in [0.15, 0.2) is 0 Å². The standard InChI is InChI=1S/C18H22N2O3/c1-2-8-19-10-7-13-11-15(5-6-16(13)17(19)21)20-9-3-4-14(12-20)18(22)23/h5-7,10-11,14H,2-4,8-9,12H2,1H3,(H,22,23). The van der Waals surface area contributed by atoms with E-state index in [-0.39, 0.29) is 11.5 Å². The highest BCUT2D eigenvalue weighted by Gasteiger charge is 2.25. The number of piperidine rings is 1. The maximum atomic E-state index is 12.4. The van der Waals surface area contributed by atoms with Crippen molar-refractivity contribution in [3.8, 4) is 0 Å². The molecule has 5 nitrogen and oxygen atoms in total. The Balaban J connectivity index is 1.93. The van der Waals surface area contributed by atoms with Crippen molar-refractivity contribution in [3.63, 3.8) is 0 Å². The molecule has 1 saturated heterocycles. The van der Waals surface area contributed by atoms with E-state index in [0.29, 0.717) is 6.54 Å². The normalized spacial score (nSPS) is 18.3. The maximum absolute atomic E-state index is 12.4. The van der Waals surface area contributed by atoms with Gasteiger partial charge in [-0.15, -0.1) is 0 Å². The van der Waals surface area contributed by atoms with E-state index in [1.807, 2.05) is 30.5 Å². The molecule has 0 aliphatic carbocycles. The van der Waals surface area contributed by atoms with Crippen LogP contribution in [0, 0.1) is 5.92 Å². The van der Waals surface area contributed by atoms with Crippen LogP contribution < -0.4 is 10.5 Å². The van der Waals surface area contributed by atoms with Crippen LogP contribution in [0.3, 0.4) is 0 Å². The number of benzene rings is 1. The number of aliphatic carboxylic acids is 1. The summed E-state index contributed by atoms with van der Waals surface area (Å²) in [5.41, 5.74) is 1.04. The summed E-state index contributed by atoms with van der Waals surface area (Å²) in [5, 5.41) is 10.9. The summed E-state index contributed by atoms with van der Waals surface area (Å²) < 4.78 is 1.74. The van der Waals surface area contributed by atoms with E-state index < -0.39 is 5.97 Å². The van der Waals surface area contributed by atoms with Gasteiger partial charge in [0.2, 0.25) is 0 Å². The van der Waals surface area contributed by atoms with E-state index in [9.17, 15) is 14.7 Å². The van der Waals surface area contributed by atoms with Gasteiger partial charge in [-0.25, -0.2) is 0 Å². The van der Waals surface area contributed by atoms with Crippen LogP contribution in [0.25, 0.3) is 10.8 Å². The largest absolute Gasteiger partial charge is 0.481 e. The Morgan fingerprint density at radius 2 is 2.17 bits per heavy atom. The minimum Gasteiger partial charge on any atom is -0.481 e. The highest BCUT2D eigenvalue weighted by Crippen LogP contribution is 2.26. The third-order valence-electron chi connectivity index (χ3n) is 4.56. The monoisotopic (exact) mass is 314 g/mol. The number of hydrogen-bond donors (Lipinski definition) is 1. The third-order valence-corrected chi connectivity index (χ3v) is 4.56. The zero-order valence-corrected chi connectivity index (χ0v) is 13.4. The Labute approximate surface area is 135 Å². The van der Waals surface area contributed by atoms with Gasteiger partial charge in [0.25, 0.3) is 5.56 Å². The number of hydrogen-bond acceptors (Lipinski definition) is 3. The fourth-order valence-electron chi connectivity index (χ4n) is 3.30. The highest BCUT2D eigenvalue weighted by molar-refractivity contribution is 5.85. The number of aryl methyl sites for hydroxylation is 1. The van der Waals surface area contributed by atoms with Crippen molar-refractivity contribution in [2.45, 2.75) is 32.7 Å². The van der Waals surface area contributed by atoms with Crippen molar-refractivity contribution < 1.29 is 9.90 Å². The number of aromatic nitrogens is 1. The molecule has 1 aromatic heterocycles. The lowest BCUT2D eigenvalue weighted by molar-refractivity contribution is -0.141. The van der Waals surface area contributed by atoms with Crippen LogP contribution in [-0.4, -0.2) is 28.7 Å². The van der Waals surface area contributed by atoms with Crippen LogP contribution in [0.4, 0.5) is 5.69 Å². The van der Waals surface area contributed by atoms with E-state index in [4.69, 9.17) is 0 Å². The number of nitrogens with zero attached hydrogens (tertiary/aromatic N) is 2. The summed E-state index contributed by atoms with van der Waals surface area (Å²) in [5.74, 6) is -1.03. The van der Waals surface area contributed by atoms with Gasteiger partial charge in [0.1, 0.15) is 0 Å². The molecule has 1 N–H and O–H groups in total. The molecule has 1 aliphatic rings. The maximum Gasteiger partial charge on any atom is 0.308 e. The topological polar surface area (TPSA) is 62.5 Å². The lowest BCUT2D eigenvalue weighted by atomic mass is 9.97. The number of rotatable bonds is 4. The smallest absolute Gasteiger partial charge is 0.308 e. The average molecular weight is 314 g/mol. The molecule has 2 heterocycles. The Morgan fingerprint density at radius 1 is 1.35 bits per heavy atom. The molecule has 5 heteroatoms. The molecule has 1 unspecified atom stereocenters. The van der Waals surface area contributed by atoms with Crippen LogP contribution in [0.15, 0.2) is 35.3 Å². The molecule has 0 radical (unpaired) electrons. The first-order valence-corrected chi connectivity index (χ1v) is 8.21. The fourth-order valence-corrected chi connectivity index (χ4v) is 3.30. The molecule has 0 amide bonds. The molecule has 2 aromatic rings. The molecule has 1 fully saturated rings. The quantitative estimate of drug-likeness (QED) is 0.942. The molecule has 1 aromatic carbocycles. The number of carboxylic acids is 1. The van der Waals surface area contributed by atoms with Crippen LogP contribution in [-0.2, 0) is 11.3 Å². The first-order chi connectivity index (χ1) is 11.1. The molecule has 1 aliphatic heterocycles. The van der Waals surface area contributed by atoms with Crippen molar-refractivity contribution in [1.82, 2.24) is 4.57 Å². The van der Waals surface area contributed by atoms with Crippen molar-refractivity contribution in [2.75, 3.05) is 18.0 Å². The second-order valence-corrected chi connectivity index (χ2v) is 6.21. The zero-order chi connectivity index (χ0) is 16.4. The van der Waals surface area contributed by atoms with Crippen molar-refractivity contribution in [1.29, 1.82) is 0 Å². The summed E-state index contributed by atoms with van der Waals surface area (Å²) in [7, 11) is 0. The average Bonchev–Trinajstić information content (AvgIpc) is 2.57. The van der Waals surface area contributed by atoms with Crippen LogP contribution in [0.5, 0.6) is 0 Å². The molecule has 0 spiro atoms. The van der Waals surface area contributed by atoms with Gasteiger partial charge in [-0.2, -0.15) is 0 Å². The van der Waals surface area contributed by atoms with Crippen molar-refractivity contribution >= 4 is 22.4 Å². The van der Waals surface area contributed by atoms with E-state index in [2.05, 4.69) is 11.8 Å². The predicted molar refractivity (Wildman–Crippen MR) is 91.1 cm³/mol. The van der Waals surface area contributed by atoms with Crippen LogP contribution in [0.1, 0.15) is 26.2 Å². The fraction of sp³-hybridized carbons (Fsp3) is 0.444. The van der Waals surface area contributed by atoms with E-state index >= 15 is 0 Å². The van der Waals surface area contributed by atoms with Crippen LogP contribution >= 0.6 is 0 Å². The summed E-state index contributed by atoms with van der Waals surface area (Å²) in [6, 6.07) is 7.76. The van der Waals surface area contributed by atoms with E-state index in [1.54, 1.807) is 4.57 Å². The van der Waals surface area contributed by atoms with E-state index in [0.717, 1.165) is 48.8 Å². The van der Waals surface area contributed by atoms with Gasteiger partial charge in [0, 0.05) is 36.9 Å². The summed E-state index contributed by atoms with van der Waals surface area (Å²) in [6.45, 7) is 4.17. The summed E-state index contributed by atoms with van der Waals surface area (Å²) in [4.78, 5) is 25.7. The van der Waals surface area contributed by atoms with Gasteiger partial charge in [-0.3, -0.25) is 9.59 Å². The Morgan fingerprint density at radius 3 is 2.91 bits per heavy atom.